The van der Waals surface area contributed by atoms with Crippen molar-refractivity contribution in [3.63, 3.8) is 0 Å². The molecule has 0 radical (unpaired) electrons. The fourth-order valence-electron chi connectivity index (χ4n) is 4.75. The van der Waals surface area contributed by atoms with Crippen LogP contribution >= 0.6 is 0 Å². The average molecular weight is 424 g/mol. The van der Waals surface area contributed by atoms with Crippen LogP contribution < -0.4 is 9.64 Å². The first kappa shape index (κ1) is 21.2. The second-order valence-corrected chi connectivity index (χ2v) is 9.41. The lowest BCUT2D eigenvalue weighted by molar-refractivity contribution is -0.141. The van der Waals surface area contributed by atoms with E-state index in [1.807, 2.05) is 0 Å². The fourth-order valence-corrected chi connectivity index (χ4v) is 4.75. The number of furan rings is 1. The Hall–Kier alpha value is -3.09. The Kier molecular flexibility index (Phi) is 4.95. The molecule has 0 spiro atoms. The van der Waals surface area contributed by atoms with Gasteiger partial charge < -0.3 is 14.1 Å². The SMILES string of the molecule is COc1ccc(N2C(=O)CC(N(Cc3ccco3)C(=O)C3C(C)(C)C3(C)C)C2=O)cc1. The lowest BCUT2D eigenvalue weighted by Crippen LogP contribution is -2.46. The number of carbonyl (C=O) groups excluding carboxylic acids is 3. The molecule has 4 rings (SSSR count). The fraction of sp³-hybridized carbons (Fsp3) is 0.458. The average Bonchev–Trinajstić information content (AvgIpc) is 3.15. The molecular formula is C24H28N2O5. The number of rotatable bonds is 6. The summed E-state index contributed by atoms with van der Waals surface area (Å²) >= 11 is 0. The highest BCUT2D eigenvalue weighted by molar-refractivity contribution is 6.23. The molecule has 7 nitrogen and oxygen atoms in total. The van der Waals surface area contributed by atoms with Gasteiger partial charge in [0.05, 0.1) is 32.0 Å². The molecule has 2 aliphatic rings. The number of benzene rings is 1. The second-order valence-electron chi connectivity index (χ2n) is 9.41. The lowest BCUT2D eigenvalue weighted by Gasteiger charge is -2.28. The molecule has 7 heteroatoms. The quantitative estimate of drug-likeness (QED) is 0.662. The molecule has 1 aromatic carbocycles. The second kappa shape index (κ2) is 7.25. The van der Waals surface area contributed by atoms with Crippen LogP contribution in [-0.2, 0) is 20.9 Å². The van der Waals surface area contributed by atoms with Gasteiger partial charge in [0.25, 0.3) is 5.91 Å². The van der Waals surface area contributed by atoms with Gasteiger partial charge in [0.2, 0.25) is 11.8 Å². The number of hydrogen-bond donors (Lipinski definition) is 0. The van der Waals surface area contributed by atoms with Crippen molar-refractivity contribution in [3.05, 3.63) is 48.4 Å². The van der Waals surface area contributed by atoms with E-state index in [0.717, 1.165) is 4.90 Å². The van der Waals surface area contributed by atoms with Crippen LogP contribution in [0.1, 0.15) is 39.9 Å². The number of methoxy groups -OCH3 is 1. The van der Waals surface area contributed by atoms with Gasteiger partial charge in [0.15, 0.2) is 0 Å². The van der Waals surface area contributed by atoms with Crippen molar-refractivity contribution in [1.82, 2.24) is 4.90 Å². The maximum absolute atomic E-state index is 13.6. The first-order valence-corrected chi connectivity index (χ1v) is 10.4. The summed E-state index contributed by atoms with van der Waals surface area (Å²) < 4.78 is 10.6. The normalized spacial score (nSPS) is 22.0. The Morgan fingerprint density at radius 2 is 1.77 bits per heavy atom. The summed E-state index contributed by atoms with van der Waals surface area (Å²) in [5.41, 5.74) is 0.0930. The van der Waals surface area contributed by atoms with Crippen LogP contribution in [0.4, 0.5) is 5.69 Å². The molecule has 1 saturated heterocycles. The predicted molar refractivity (Wildman–Crippen MR) is 114 cm³/mol. The third-order valence-electron chi connectivity index (χ3n) is 7.29. The minimum absolute atomic E-state index is 0.0507. The summed E-state index contributed by atoms with van der Waals surface area (Å²) in [6, 6.07) is 9.39. The zero-order valence-electron chi connectivity index (χ0n) is 18.5. The largest absolute Gasteiger partial charge is 0.497 e. The highest BCUT2D eigenvalue weighted by atomic mass is 16.5. The number of anilines is 1. The molecule has 2 aromatic rings. The Morgan fingerprint density at radius 3 is 2.29 bits per heavy atom. The molecule has 2 fully saturated rings. The number of carbonyl (C=O) groups is 3. The van der Waals surface area contributed by atoms with E-state index in [0.29, 0.717) is 17.2 Å². The van der Waals surface area contributed by atoms with E-state index in [1.54, 1.807) is 43.5 Å². The van der Waals surface area contributed by atoms with Crippen LogP contribution in [0.15, 0.2) is 47.1 Å². The monoisotopic (exact) mass is 424 g/mol. The minimum Gasteiger partial charge on any atom is -0.497 e. The minimum atomic E-state index is -0.862. The number of nitrogens with zero attached hydrogens (tertiary/aromatic N) is 2. The topological polar surface area (TPSA) is 80.1 Å². The van der Waals surface area contributed by atoms with Gasteiger partial charge in [-0.3, -0.25) is 14.4 Å². The van der Waals surface area contributed by atoms with Gasteiger partial charge in [-0.05, 0) is 47.2 Å². The van der Waals surface area contributed by atoms with Crippen LogP contribution in [0.5, 0.6) is 5.75 Å². The molecule has 1 aliphatic carbocycles. The van der Waals surface area contributed by atoms with Crippen molar-refractivity contribution in [2.45, 2.75) is 46.7 Å². The molecule has 164 valence electrons. The molecular weight excluding hydrogens is 396 g/mol. The van der Waals surface area contributed by atoms with Gasteiger partial charge >= 0.3 is 0 Å². The summed E-state index contributed by atoms with van der Waals surface area (Å²) in [5, 5.41) is 0. The molecule has 31 heavy (non-hydrogen) atoms. The van der Waals surface area contributed by atoms with E-state index < -0.39 is 11.9 Å². The third kappa shape index (κ3) is 3.32. The Balaban J connectivity index is 1.64. The summed E-state index contributed by atoms with van der Waals surface area (Å²) in [6.45, 7) is 8.39. The Bertz CT molecular complexity index is 993. The molecule has 2 heterocycles. The van der Waals surface area contributed by atoms with Crippen LogP contribution in [-0.4, -0.2) is 35.8 Å². The molecule has 1 saturated carbocycles. The van der Waals surface area contributed by atoms with Crippen LogP contribution in [0.2, 0.25) is 0 Å². The van der Waals surface area contributed by atoms with Crippen molar-refractivity contribution in [2.24, 2.45) is 16.7 Å². The van der Waals surface area contributed by atoms with E-state index in [1.165, 1.54) is 11.2 Å². The first-order chi connectivity index (χ1) is 14.6. The van der Waals surface area contributed by atoms with E-state index in [4.69, 9.17) is 9.15 Å². The molecule has 1 unspecified atom stereocenters. The van der Waals surface area contributed by atoms with Gasteiger partial charge in [0.1, 0.15) is 17.6 Å². The first-order valence-electron chi connectivity index (χ1n) is 10.4. The Labute approximate surface area is 181 Å². The van der Waals surface area contributed by atoms with Gasteiger partial charge in [-0.15, -0.1) is 0 Å². The summed E-state index contributed by atoms with van der Waals surface area (Å²) in [5.74, 6) is 0.139. The summed E-state index contributed by atoms with van der Waals surface area (Å²) in [6.07, 6.45) is 1.49. The molecule has 1 atom stereocenters. The van der Waals surface area contributed by atoms with Gasteiger partial charge in [-0.1, -0.05) is 27.7 Å². The van der Waals surface area contributed by atoms with Gasteiger partial charge in [-0.2, -0.15) is 0 Å². The smallest absolute Gasteiger partial charge is 0.257 e. The predicted octanol–water partition coefficient (Wildman–Crippen LogP) is 3.63. The van der Waals surface area contributed by atoms with Gasteiger partial charge in [0, 0.05) is 5.92 Å². The maximum Gasteiger partial charge on any atom is 0.257 e. The number of hydrogen-bond acceptors (Lipinski definition) is 5. The molecule has 3 amide bonds. The zero-order chi connectivity index (χ0) is 22.6. The third-order valence-corrected chi connectivity index (χ3v) is 7.29. The van der Waals surface area contributed by atoms with Crippen molar-refractivity contribution in [3.8, 4) is 5.75 Å². The zero-order valence-corrected chi connectivity index (χ0v) is 18.5. The Morgan fingerprint density at radius 1 is 1.13 bits per heavy atom. The standard InChI is InChI=1S/C24H28N2O5/c1-23(2)20(24(23,3)4)22(29)25(14-17-7-6-12-31-17)18-13-19(27)26(21(18)28)15-8-10-16(30-5)11-9-15/h6-12,18,20H,13-14H2,1-5H3. The van der Waals surface area contributed by atoms with Crippen molar-refractivity contribution >= 4 is 23.4 Å². The molecule has 1 aliphatic heterocycles. The van der Waals surface area contributed by atoms with E-state index in [2.05, 4.69) is 27.7 Å². The maximum atomic E-state index is 13.6. The van der Waals surface area contributed by atoms with E-state index in [-0.39, 0.29) is 41.5 Å². The lowest BCUT2D eigenvalue weighted by atomic mass is 10.0. The van der Waals surface area contributed by atoms with Crippen molar-refractivity contribution < 1.29 is 23.5 Å². The van der Waals surface area contributed by atoms with E-state index >= 15 is 0 Å². The highest BCUT2D eigenvalue weighted by Gasteiger charge is 2.69. The molecule has 0 N–H and O–H groups in total. The van der Waals surface area contributed by atoms with Crippen molar-refractivity contribution in [1.29, 1.82) is 0 Å². The van der Waals surface area contributed by atoms with Crippen LogP contribution in [0, 0.1) is 16.7 Å². The van der Waals surface area contributed by atoms with Crippen LogP contribution in [0.25, 0.3) is 0 Å². The molecule has 0 bridgehead atoms. The molecule has 1 aromatic heterocycles. The number of amides is 3. The number of imide groups is 1. The summed E-state index contributed by atoms with van der Waals surface area (Å²) in [7, 11) is 1.55. The highest BCUT2D eigenvalue weighted by Crippen LogP contribution is 2.69. The van der Waals surface area contributed by atoms with Crippen molar-refractivity contribution in [2.75, 3.05) is 12.0 Å². The van der Waals surface area contributed by atoms with Crippen LogP contribution in [0.3, 0.4) is 0 Å². The summed E-state index contributed by atoms with van der Waals surface area (Å²) in [4.78, 5) is 42.5. The van der Waals surface area contributed by atoms with E-state index in [9.17, 15) is 14.4 Å². The van der Waals surface area contributed by atoms with Gasteiger partial charge in [-0.25, -0.2) is 4.90 Å². The number of ether oxygens (including phenoxy) is 1.